The fraction of sp³-hybridized carbons (Fsp3) is 0.294. The van der Waals surface area contributed by atoms with Crippen LogP contribution in [-0.2, 0) is 4.74 Å². The van der Waals surface area contributed by atoms with Crippen LogP contribution in [0.4, 0.5) is 0 Å². The summed E-state index contributed by atoms with van der Waals surface area (Å²) < 4.78 is 4.83. The SMILES string of the molecule is CCOCC.Cc1cc(Cl)ccc1-c1ccccc1. The Morgan fingerprint density at radius 3 is 2.05 bits per heavy atom. The van der Waals surface area contributed by atoms with Crippen molar-refractivity contribution in [1.29, 1.82) is 0 Å². The fourth-order valence-electron chi connectivity index (χ4n) is 1.77. The minimum atomic E-state index is 0.794. The Bertz CT molecular complexity index is 478. The molecule has 0 spiro atoms. The maximum atomic E-state index is 5.90. The molecular weight excluding hydrogens is 256 g/mol. The largest absolute Gasteiger partial charge is 0.382 e. The summed E-state index contributed by atoms with van der Waals surface area (Å²) in [4.78, 5) is 0. The van der Waals surface area contributed by atoms with Crippen molar-refractivity contribution in [3.8, 4) is 11.1 Å². The summed E-state index contributed by atoms with van der Waals surface area (Å²) in [6.07, 6.45) is 0. The van der Waals surface area contributed by atoms with Crippen LogP contribution in [0.3, 0.4) is 0 Å². The molecule has 2 rings (SSSR count). The summed E-state index contributed by atoms with van der Waals surface area (Å²) in [6.45, 7) is 7.74. The molecule has 0 amide bonds. The first kappa shape index (κ1) is 15.7. The second-order valence-corrected chi connectivity index (χ2v) is 4.54. The van der Waals surface area contributed by atoms with Crippen LogP contribution in [0.2, 0.25) is 5.02 Å². The molecule has 1 nitrogen and oxygen atoms in total. The quantitative estimate of drug-likeness (QED) is 0.733. The monoisotopic (exact) mass is 276 g/mol. The van der Waals surface area contributed by atoms with Crippen molar-refractivity contribution in [1.82, 2.24) is 0 Å². The molecule has 0 radical (unpaired) electrons. The molecule has 0 aliphatic rings. The zero-order chi connectivity index (χ0) is 14.1. The molecule has 0 aliphatic heterocycles. The lowest BCUT2D eigenvalue weighted by Gasteiger charge is -2.05. The van der Waals surface area contributed by atoms with Gasteiger partial charge in [0.1, 0.15) is 0 Å². The molecule has 0 heterocycles. The molecule has 19 heavy (non-hydrogen) atoms. The third-order valence-corrected chi connectivity index (χ3v) is 2.92. The number of benzene rings is 2. The van der Waals surface area contributed by atoms with E-state index in [1.54, 1.807) is 0 Å². The standard InChI is InChI=1S/C13H11Cl.C4H10O/c1-10-9-12(14)7-8-13(10)11-5-3-2-4-6-11;1-3-5-4-2/h2-9H,1H3;3-4H2,1-2H3. The predicted octanol–water partition coefficient (Wildman–Crippen LogP) is 5.36. The van der Waals surface area contributed by atoms with Gasteiger partial charge < -0.3 is 4.74 Å². The molecule has 0 atom stereocenters. The second-order valence-electron chi connectivity index (χ2n) is 4.11. The summed E-state index contributed by atoms with van der Waals surface area (Å²) in [5, 5.41) is 0.794. The maximum absolute atomic E-state index is 5.90. The molecule has 0 aliphatic carbocycles. The van der Waals surface area contributed by atoms with Gasteiger partial charge in [-0.25, -0.2) is 0 Å². The van der Waals surface area contributed by atoms with E-state index in [9.17, 15) is 0 Å². The van der Waals surface area contributed by atoms with Crippen LogP contribution < -0.4 is 0 Å². The molecule has 2 heteroatoms. The summed E-state index contributed by atoms with van der Waals surface area (Å²) in [5.74, 6) is 0. The van der Waals surface area contributed by atoms with Crippen LogP contribution in [0.5, 0.6) is 0 Å². The third kappa shape index (κ3) is 5.46. The number of hydrogen-bond acceptors (Lipinski definition) is 1. The molecule has 2 aromatic carbocycles. The van der Waals surface area contributed by atoms with E-state index in [1.807, 2.05) is 44.2 Å². The normalized spacial score (nSPS) is 9.68. The highest BCUT2D eigenvalue weighted by atomic mass is 35.5. The second kappa shape index (κ2) is 8.73. The van der Waals surface area contributed by atoms with Gasteiger partial charge >= 0.3 is 0 Å². The zero-order valence-corrected chi connectivity index (χ0v) is 12.6. The number of ether oxygens (including phenoxy) is 1. The van der Waals surface area contributed by atoms with Crippen LogP contribution in [0.25, 0.3) is 11.1 Å². The lowest BCUT2D eigenvalue weighted by molar-refractivity contribution is 0.162. The first-order chi connectivity index (χ1) is 9.19. The van der Waals surface area contributed by atoms with Crippen LogP contribution in [-0.4, -0.2) is 13.2 Å². The van der Waals surface area contributed by atoms with Gasteiger partial charge in [0.25, 0.3) is 0 Å². The number of rotatable bonds is 3. The van der Waals surface area contributed by atoms with Crippen LogP contribution in [0, 0.1) is 6.92 Å². The number of hydrogen-bond donors (Lipinski definition) is 0. The Labute approximate surface area is 121 Å². The summed E-state index contributed by atoms with van der Waals surface area (Å²) in [7, 11) is 0. The van der Waals surface area contributed by atoms with Crippen molar-refractivity contribution in [2.45, 2.75) is 20.8 Å². The average molecular weight is 277 g/mol. The van der Waals surface area contributed by atoms with Gasteiger partial charge in [0.2, 0.25) is 0 Å². The van der Waals surface area contributed by atoms with Gasteiger partial charge in [-0.3, -0.25) is 0 Å². The molecule has 0 saturated heterocycles. The number of halogens is 1. The molecule has 0 aromatic heterocycles. The van der Waals surface area contributed by atoms with Gasteiger partial charge in [-0.2, -0.15) is 0 Å². The van der Waals surface area contributed by atoms with Crippen molar-refractivity contribution in [2.75, 3.05) is 13.2 Å². The average Bonchev–Trinajstić information content (AvgIpc) is 2.41. The van der Waals surface area contributed by atoms with Crippen molar-refractivity contribution < 1.29 is 4.74 Å². The predicted molar refractivity (Wildman–Crippen MR) is 83.8 cm³/mol. The van der Waals surface area contributed by atoms with Gasteiger partial charge in [0.15, 0.2) is 0 Å². The van der Waals surface area contributed by atoms with E-state index in [-0.39, 0.29) is 0 Å². The first-order valence-corrected chi connectivity index (χ1v) is 6.96. The van der Waals surface area contributed by atoms with Crippen LogP contribution in [0.1, 0.15) is 19.4 Å². The lowest BCUT2D eigenvalue weighted by Crippen LogP contribution is -1.84. The van der Waals surface area contributed by atoms with Crippen molar-refractivity contribution in [3.05, 3.63) is 59.1 Å². The highest BCUT2D eigenvalue weighted by Crippen LogP contribution is 2.25. The molecule has 0 fully saturated rings. The molecular formula is C17H21ClO. The molecule has 0 unspecified atom stereocenters. The van der Waals surface area contributed by atoms with Gasteiger partial charge in [-0.1, -0.05) is 48.0 Å². The van der Waals surface area contributed by atoms with Crippen LogP contribution >= 0.6 is 11.6 Å². The lowest BCUT2D eigenvalue weighted by atomic mass is 10.0. The Balaban J connectivity index is 0.000000312. The maximum Gasteiger partial charge on any atom is 0.0437 e. The molecule has 102 valence electrons. The fourth-order valence-corrected chi connectivity index (χ4v) is 2.00. The van der Waals surface area contributed by atoms with E-state index in [2.05, 4.69) is 25.1 Å². The Morgan fingerprint density at radius 1 is 0.947 bits per heavy atom. The van der Waals surface area contributed by atoms with Gasteiger partial charge in [-0.15, -0.1) is 0 Å². The Hall–Kier alpha value is -1.31. The molecule has 0 N–H and O–H groups in total. The highest BCUT2D eigenvalue weighted by Gasteiger charge is 2.00. The first-order valence-electron chi connectivity index (χ1n) is 6.58. The van der Waals surface area contributed by atoms with Crippen molar-refractivity contribution in [3.63, 3.8) is 0 Å². The summed E-state index contributed by atoms with van der Waals surface area (Å²) in [6, 6.07) is 16.3. The molecule has 0 bridgehead atoms. The minimum absolute atomic E-state index is 0.794. The Morgan fingerprint density at radius 2 is 1.58 bits per heavy atom. The summed E-state index contributed by atoms with van der Waals surface area (Å²) >= 11 is 5.90. The highest BCUT2D eigenvalue weighted by molar-refractivity contribution is 6.30. The molecule has 2 aromatic rings. The van der Waals surface area contributed by atoms with E-state index in [4.69, 9.17) is 16.3 Å². The smallest absolute Gasteiger partial charge is 0.0437 e. The van der Waals surface area contributed by atoms with Gasteiger partial charge in [-0.05, 0) is 49.6 Å². The van der Waals surface area contributed by atoms with Crippen molar-refractivity contribution >= 4 is 11.6 Å². The number of aryl methyl sites for hydroxylation is 1. The Kier molecular flexibility index (Phi) is 7.24. The van der Waals surface area contributed by atoms with Crippen LogP contribution in [0.15, 0.2) is 48.5 Å². The zero-order valence-electron chi connectivity index (χ0n) is 11.8. The van der Waals surface area contributed by atoms with E-state index < -0.39 is 0 Å². The summed E-state index contributed by atoms with van der Waals surface area (Å²) in [5.41, 5.74) is 3.69. The van der Waals surface area contributed by atoms with Gasteiger partial charge in [0, 0.05) is 18.2 Å². The van der Waals surface area contributed by atoms with E-state index in [0.717, 1.165) is 18.2 Å². The van der Waals surface area contributed by atoms with E-state index in [1.165, 1.54) is 16.7 Å². The third-order valence-electron chi connectivity index (χ3n) is 2.68. The van der Waals surface area contributed by atoms with Gasteiger partial charge in [0.05, 0.1) is 0 Å². The van der Waals surface area contributed by atoms with E-state index >= 15 is 0 Å². The topological polar surface area (TPSA) is 9.23 Å². The van der Waals surface area contributed by atoms with Crippen molar-refractivity contribution in [2.24, 2.45) is 0 Å². The molecule has 0 saturated carbocycles. The van der Waals surface area contributed by atoms with E-state index in [0.29, 0.717) is 0 Å². The minimum Gasteiger partial charge on any atom is -0.382 e.